The van der Waals surface area contributed by atoms with Crippen LogP contribution in [0.25, 0.3) is 10.9 Å². The van der Waals surface area contributed by atoms with Gasteiger partial charge in [0.15, 0.2) is 5.78 Å². The van der Waals surface area contributed by atoms with E-state index in [0.717, 1.165) is 16.6 Å². The molecular weight excluding hydrogens is 313 g/mol. The molecule has 5 heteroatoms. The molecule has 0 bridgehead atoms. The Labute approximate surface area is 130 Å². The van der Waals surface area contributed by atoms with Crippen molar-refractivity contribution in [3.05, 3.63) is 62.4 Å². The first-order chi connectivity index (χ1) is 9.63. The molecule has 0 amide bonds. The highest BCUT2D eigenvalue weighted by Gasteiger charge is 2.15. The van der Waals surface area contributed by atoms with E-state index in [1.54, 1.807) is 6.07 Å². The van der Waals surface area contributed by atoms with Crippen molar-refractivity contribution in [1.82, 2.24) is 4.98 Å². The molecule has 2 aromatic heterocycles. The van der Waals surface area contributed by atoms with Gasteiger partial charge in [-0.1, -0.05) is 47.5 Å². The fourth-order valence-electron chi connectivity index (χ4n) is 2.00. The van der Waals surface area contributed by atoms with Crippen LogP contribution in [-0.4, -0.2) is 10.8 Å². The quantitative estimate of drug-likeness (QED) is 0.633. The van der Waals surface area contributed by atoms with Crippen LogP contribution in [0.4, 0.5) is 0 Å². The second-order valence-corrected chi connectivity index (χ2v) is 6.62. The van der Waals surface area contributed by atoms with Crippen molar-refractivity contribution in [3.63, 3.8) is 0 Å². The number of aromatic nitrogens is 1. The van der Waals surface area contributed by atoms with Gasteiger partial charge in [-0.2, -0.15) is 0 Å². The summed E-state index contributed by atoms with van der Waals surface area (Å²) in [5.41, 5.74) is 2.08. The molecule has 2 heterocycles. The molecular formula is C15H9Cl2NOS. The van der Waals surface area contributed by atoms with E-state index in [-0.39, 0.29) is 12.2 Å². The van der Waals surface area contributed by atoms with Gasteiger partial charge in [0.25, 0.3) is 0 Å². The molecule has 0 saturated carbocycles. The number of halogens is 2. The second kappa shape index (κ2) is 5.52. The van der Waals surface area contributed by atoms with Gasteiger partial charge < -0.3 is 0 Å². The number of carbonyl (C=O) groups is 1. The summed E-state index contributed by atoms with van der Waals surface area (Å²) in [7, 11) is 0. The van der Waals surface area contributed by atoms with Crippen LogP contribution in [0.2, 0.25) is 8.67 Å². The SMILES string of the molecule is O=C(Cc1ccc2ccccc2n1)c1cc(Cl)sc1Cl. The lowest BCUT2D eigenvalue weighted by Gasteiger charge is -2.02. The number of ketones is 1. The minimum absolute atomic E-state index is 0.0686. The fourth-order valence-corrected chi connectivity index (χ4v) is 3.50. The Balaban J connectivity index is 1.89. The predicted molar refractivity (Wildman–Crippen MR) is 84.1 cm³/mol. The number of fused-ring (bicyclic) bond motifs is 1. The summed E-state index contributed by atoms with van der Waals surface area (Å²) < 4.78 is 0.950. The van der Waals surface area contributed by atoms with Crippen molar-refractivity contribution in [2.24, 2.45) is 0 Å². The highest BCUT2D eigenvalue weighted by Crippen LogP contribution is 2.31. The third-order valence-electron chi connectivity index (χ3n) is 2.95. The lowest BCUT2D eigenvalue weighted by atomic mass is 10.1. The summed E-state index contributed by atoms with van der Waals surface area (Å²) >= 11 is 13.1. The maximum atomic E-state index is 12.2. The van der Waals surface area contributed by atoms with Gasteiger partial charge in [-0.3, -0.25) is 9.78 Å². The topological polar surface area (TPSA) is 30.0 Å². The highest BCUT2D eigenvalue weighted by atomic mass is 35.5. The third-order valence-corrected chi connectivity index (χ3v) is 4.44. The van der Waals surface area contributed by atoms with Crippen molar-refractivity contribution in [1.29, 1.82) is 0 Å². The van der Waals surface area contributed by atoms with Crippen molar-refractivity contribution < 1.29 is 4.79 Å². The van der Waals surface area contributed by atoms with Crippen LogP contribution in [0.3, 0.4) is 0 Å². The molecule has 1 aromatic carbocycles. The summed E-state index contributed by atoms with van der Waals surface area (Å²) in [5, 5.41) is 1.06. The van der Waals surface area contributed by atoms with Crippen LogP contribution in [-0.2, 0) is 6.42 Å². The minimum Gasteiger partial charge on any atom is -0.294 e. The van der Waals surface area contributed by atoms with E-state index in [4.69, 9.17) is 23.2 Å². The third kappa shape index (κ3) is 2.70. The van der Waals surface area contributed by atoms with Gasteiger partial charge in [0.05, 0.1) is 16.3 Å². The van der Waals surface area contributed by atoms with Gasteiger partial charge in [-0.15, -0.1) is 11.3 Å². The van der Waals surface area contributed by atoms with E-state index in [2.05, 4.69) is 4.98 Å². The Morgan fingerprint density at radius 3 is 2.70 bits per heavy atom. The summed E-state index contributed by atoms with van der Waals surface area (Å²) in [5.74, 6) is -0.0686. The smallest absolute Gasteiger partial charge is 0.171 e. The zero-order chi connectivity index (χ0) is 14.1. The number of carbonyl (C=O) groups excluding carboxylic acids is 1. The number of hydrogen-bond donors (Lipinski definition) is 0. The van der Waals surface area contributed by atoms with Gasteiger partial charge in [0.1, 0.15) is 4.34 Å². The number of nitrogens with zero attached hydrogens (tertiary/aromatic N) is 1. The Bertz CT molecular complexity index is 797. The van der Waals surface area contributed by atoms with Gasteiger partial charge in [0, 0.05) is 16.6 Å². The summed E-state index contributed by atoms with van der Waals surface area (Å²) in [6.45, 7) is 0. The average molecular weight is 322 g/mol. The summed E-state index contributed by atoms with van der Waals surface area (Å²) in [6.07, 6.45) is 0.220. The number of pyridine rings is 1. The van der Waals surface area contributed by atoms with Crippen molar-refractivity contribution in [3.8, 4) is 0 Å². The van der Waals surface area contributed by atoms with Crippen molar-refractivity contribution in [2.75, 3.05) is 0 Å². The molecule has 0 aliphatic heterocycles. The van der Waals surface area contributed by atoms with Crippen LogP contribution < -0.4 is 0 Å². The molecule has 0 radical (unpaired) electrons. The predicted octanol–water partition coefficient (Wildman–Crippen LogP) is 5.03. The maximum absolute atomic E-state index is 12.2. The largest absolute Gasteiger partial charge is 0.294 e. The average Bonchev–Trinajstić information content (AvgIpc) is 2.78. The van der Waals surface area contributed by atoms with Gasteiger partial charge in [0.2, 0.25) is 0 Å². The standard InChI is InChI=1S/C15H9Cl2NOS/c16-14-8-11(15(17)20-14)13(19)7-10-6-5-9-3-1-2-4-12(9)18-10/h1-6,8H,7H2. The van der Waals surface area contributed by atoms with E-state index in [1.807, 2.05) is 36.4 Å². The number of Topliss-reactive ketones (excluding diaryl/α,β-unsaturated/α-hetero) is 1. The number of hydrogen-bond acceptors (Lipinski definition) is 3. The zero-order valence-electron chi connectivity index (χ0n) is 10.3. The molecule has 0 aliphatic carbocycles. The first-order valence-corrected chi connectivity index (χ1v) is 7.53. The maximum Gasteiger partial charge on any atom is 0.171 e. The molecule has 3 rings (SSSR count). The molecule has 0 aliphatic rings. The number of rotatable bonds is 3. The summed E-state index contributed by atoms with van der Waals surface area (Å²) in [6, 6.07) is 13.2. The first-order valence-electron chi connectivity index (χ1n) is 5.96. The molecule has 0 saturated heterocycles. The van der Waals surface area contributed by atoms with E-state index in [0.29, 0.717) is 14.2 Å². The second-order valence-electron chi connectivity index (χ2n) is 4.33. The van der Waals surface area contributed by atoms with Crippen LogP contribution >= 0.6 is 34.5 Å². The lowest BCUT2D eigenvalue weighted by molar-refractivity contribution is 0.0992. The lowest BCUT2D eigenvalue weighted by Crippen LogP contribution is -2.04. The number of para-hydroxylation sites is 1. The van der Waals surface area contributed by atoms with Crippen molar-refractivity contribution in [2.45, 2.75) is 6.42 Å². The normalized spacial score (nSPS) is 10.9. The van der Waals surface area contributed by atoms with E-state index in [1.165, 1.54) is 11.3 Å². The monoisotopic (exact) mass is 321 g/mol. The first kappa shape index (κ1) is 13.6. The van der Waals surface area contributed by atoms with Gasteiger partial charge in [-0.25, -0.2) is 0 Å². The van der Waals surface area contributed by atoms with Gasteiger partial charge in [-0.05, 0) is 18.2 Å². The highest BCUT2D eigenvalue weighted by molar-refractivity contribution is 7.20. The molecule has 0 spiro atoms. The van der Waals surface area contributed by atoms with E-state index < -0.39 is 0 Å². The molecule has 0 atom stereocenters. The number of benzene rings is 1. The van der Waals surface area contributed by atoms with E-state index in [9.17, 15) is 4.79 Å². The molecule has 2 nitrogen and oxygen atoms in total. The fraction of sp³-hybridized carbons (Fsp3) is 0.0667. The Hall–Kier alpha value is -1.42. The van der Waals surface area contributed by atoms with Crippen LogP contribution in [0.15, 0.2) is 42.5 Å². The molecule has 0 N–H and O–H groups in total. The molecule has 0 unspecified atom stereocenters. The molecule has 3 aromatic rings. The van der Waals surface area contributed by atoms with Crippen LogP contribution in [0, 0.1) is 0 Å². The Morgan fingerprint density at radius 1 is 1.15 bits per heavy atom. The van der Waals surface area contributed by atoms with Crippen LogP contribution in [0.5, 0.6) is 0 Å². The minimum atomic E-state index is -0.0686. The molecule has 20 heavy (non-hydrogen) atoms. The molecule has 100 valence electrons. The number of thiophene rings is 1. The van der Waals surface area contributed by atoms with Gasteiger partial charge >= 0.3 is 0 Å². The van der Waals surface area contributed by atoms with Crippen molar-refractivity contribution >= 4 is 51.2 Å². The summed E-state index contributed by atoms with van der Waals surface area (Å²) in [4.78, 5) is 16.7. The van der Waals surface area contributed by atoms with E-state index >= 15 is 0 Å². The van der Waals surface area contributed by atoms with Crippen LogP contribution in [0.1, 0.15) is 16.1 Å². The zero-order valence-corrected chi connectivity index (χ0v) is 12.6. The Morgan fingerprint density at radius 2 is 1.95 bits per heavy atom. The molecule has 0 fully saturated rings. The Kier molecular flexibility index (Phi) is 3.74.